The standard InChI is InChI=1S/C9H8Cl2O/c1-2-9(12)6-3-4-7(10)8(11)5-6/h2-5,9,12H,1H2/t9-/m1/s1. The van der Waals surface area contributed by atoms with Gasteiger partial charge in [-0.2, -0.15) is 0 Å². The monoisotopic (exact) mass is 202 g/mol. The molecule has 0 bridgehead atoms. The molecule has 1 aromatic rings. The molecule has 0 aliphatic rings. The molecule has 0 aromatic heterocycles. The van der Waals surface area contributed by atoms with Gasteiger partial charge in [-0.1, -0.05) is 35.3 Å². The van der Waals surface area contributed by atoms with Gasteiger partial charge in [0.2, 0.25) is 0 Å². The fraction of sp³-hybridized carbons (Fsp3) is 0.111. The lowest BCUT2D eigenvalue weighted by molar-refractivity contribution is 0.229. The molecule has 0 aliphatic carbocycles. The quantitative estimate of drug-likeness (QED) is 0.731. The van der Waals surface area contributed by atoms with Crippen molar-refractivity contribution in [2.75, 3.05) is 0 Å². The second kappa shape index (κ2) is 3.94. The third kappa shape index (κ3) is 2.01. The average Bonchev–Trinajstić information content (AvgIpc) is 2.08. The summed E-state index contributed by atoms with van der Waals surface area (Å²) in [5.74, 6) is 0. The van der Waals surface area contributed by atoms with Gasteiger partial charge in [0.25, 0.3) is 0 Å². The minimum Gasteiger partial charge on any atom is -0.384 e. The summed E-state index contributed by atoms with van der Waals surface area (Å²) in [6.07, 6.45) is 0.749. The van der Waals surface area contributed by atoms with Crippen LogP contribution in [-0.2, 0) is 0 Å². The molecular formula is C9H8Cl2O. The molecule has 0 aliphatic heterocycles. The minimum absolute atomic E-state index is 0.440. The smallest absolute Gasteiger partial charge is 0.0969 e. The molecule has 1 rings (SSSR count). The van der Waals surface area contributed by atoms with Gasteiger partial charge in [-0.15, -0.1) is 6.58 Å². The van der Waals surface area contributed by atoms with E-state index < -0.39 is 6.10 Å². The van der Waals surface area contributed by atoms with Gasteiger partial charge in [0, 0.05) is 0 Å². The molecule has 1 atom stereocenters. The highest BCUT2D eigenvalue weighted by Crippen LogP contribution is 2.25. The molecule has 0 unspecified atom stereocenters. The van der Waals surface area contributed by atoms with E-state index in [1.165, 1.54) is 6.08 Å². The Kier molecular flexibility index (Phi) is 3.15. The summed E-state index contributed by atoms with van der Waals surface area (Å²) in [4.78, 5) is 0. The van der Waals surface area contributed by atoms with E-state index in [2.05, 4.69) is 6.58 Å². The molecule has 0 saturated heterocycles. The summed E-state index contributed by atoms with van der Waals surface area (Å²) in [5.41, 5.74) is 0.694. The molecule has 3 heteroatoms. The first kappa shape index (κ1) is 9.59. The van der Waals surface area contributed by atoms with Crippen LogP contribution in [0.2, 0.25) is 10.0 Å². The van der Waals surface area contributed by atoms with Crippen molar-refractivity contribution in [2.24, 2.45) is 0 Å². The second-order valence-corrected chi connectivity index (χ2v) is 3.17. The average molecular weight is 203 g/mol. The summed E-state index contributed by atoms with van der Waals surface area (Å²) in [5, 5.41) is 10.2. The molecule has 1 nitrogen and oxygen atoms in total. The first-order valence-electron chi connectivity index (χ1n) is 3.40. The summed E-state index contributed by atoms with van der Waals surface area (Å²) in [6.45, 7) is 3.46. The highest BCUT2D eigenvalue weighted by Gasteiger charge is 2.04. The Morgan fingerprint density at radius 2 is 2.00 bits per heavy atom. The molecule has 0 fully saturated rings. The van der Waals surface area contributed by atoms with E-state index in [1.807, 2.05) is 0 Å². The van der Waals surface area contributed by atoms with Gasteiger partial charge in [-0.05, 0) is 17.7 Å². The Morgan fingerprint density at radius 3 is 2.50 bits per heavy atom. The fourth-order valence-corrected chi connectivity index (χ4v) is 1.14. The van der Waals surface area contributed by atoms with E-state index >= 15 is 0 Å². The Labute approximate surface area is 81.2 Å². The summed E-state index contributed by atoms with van der Waals surface area (Å²) < 4.78 is 0. The molecule has 0 saturated carbocycles. The van der Waals surface area contributed by atoms with Crippen LogP contribution in [-0.4, -0.2) is 5.11 Å². The van der Waals surface area contributed by atoms with Crippen molar-refractivity contribution in [3.63, 3.8) is 0 Å². The highest BCUT2D eigenvalue weighted by atomic mass is 35.5. The number of aliphatic hydroxyl groups excluding tert-OH is 1. The highest BCUT2D eigenvalue weighted by molar-refractivity contribution is 6.42. The van der Waals surface area contributed by atoms with Gasteiger partial charge in [0.1, 0.15) is 0 Å². The van der Waals surface area contributed by atoms with Crippen molar-refractivity contribution in [1.29, 1.82) is 0 Å². The van der Waals surface area contributed by atoms with Crippen molar-refractivity contribution in [3.8, 4) is 0 Å². The number of aliphatic hydroxyl groups is 1. The zero-order chi connectivity index (χ0) is 9.14. The van der Waals surface area contributed by atoms with Gasteiger partial charge < -0.3 is 5.11 Å². The second-order valence-electron chi connectivity index (χ2n) is 2.35. The van der Waals surface area contributed by atoms with E-state index in [0.29, 0.717) is 15.6 Å². The molecule has 1 aromatic carbocycles. The predicted octanol–water partition coefficient (Wildman–Crippen LogP) is 3.21. The zero-order valence-corrected chi connectivity index (χ0v) is 7.81. The first-order valence-corrected chi connectivity index (χ1v) is 4.16. The van der Waals surface area contributed by atoms with Gasteiger partial charge in [0.15, 0.2) is 0 Å². The molecular weight excluding hydrogens is 195 g/mol. The molecule has 12 heavy (non-hydrogen) atoms. The van der Waals surface area contributed by atoms with Crippen LogP contribution in [0.5, 0.6) is 0 Å². The van der Waals surface area contributed by atoms with Crippen LogP contribution in [0.25, 0.3) is 0 Å². The van der Waals surface area contributed by atoms with Crippen LogP contribution in [0.1, 0.15) is 11.7 Å². The summed E-state index contributed by atoms with van der Waals surface area (Å²) >= 11 is 11.4. The molecule has 64 valence electrons. The third-order valence-corrected chi connectivity index (χ3v) is 2.25. The Bertz CT molecular complexity index is 297. The maximum absolute atomic E-state index is 9.32. The number of hydrogen-bond acceptors (Lipinski definition) is 1. The number of benzene rings is 1. The van der Waals surface area contributed by atoms with Crippen LogP contribution in [0.3, 0.4) is 0 Å². The SMILES string of the molecule is C=C[C@@H](O)c1ccc(Cl)c(Cl)c1. The van der Waals surface area contributed by atoms with Crippen molar-refractivity contribution in [3.05, 3.63) is 46.5 Å². The lowest BCUT2D eigenvalue weighted by Gasteiger charge is -2.05. The maximum Gasteiger partial charge on any atom is 0.0969 e. The number of rotatable bonds is 2. The van der Waals surface area contributed by atoms with Gasteiger partial charge in [-0.3, -0.25) is 0 Å². The van der Waals surface area contributed by atoms with Crippen molar-refractivity contribution < 1.29 is 5.11 Å². The summed E-state index contributed by atoms with van der Waals surface area (Å²) in [7, 11) is 0. The Balaban J connectivity index is 3.04. The largest absolute Gasteiger partial charge is 0.384 e. The van der Waals surface area contributed by atoms with E-state index in [4.69, 9.17) is 23.2 Å². The van der Waals surface area contributed by atoms with E-state index in [1.54, 1.807) is 18.2 Å². The fourth-order valence-electron chi connectivity index (χ4n) is 0.832. The zero-order valence-electron chi connectivity index (χ0n) is 6.30. The Hall–Kier alpha value is -0.500. The topological polar surface area (TPSA) is 20.2 Å². The number of halogens is 2. The normalized spacial score (nSPS) is 12.6. The van der Waals surface area contributed by atoms with Crippen LogP contribution in [0, 0.1) is 0 Å². The molecule has 0 spiro atoms. The maximum atomic E-state index is 9.32. The van der Waals surface area contributed by atoms with Gasteiger partial charge in [-0.25, -0.2) is 0 Å². The van der Waals surface area contributed by atoms with Crippen LogP contribution in [0.4, 0.5) is 0 Å². The van der Waals surface area contributed by atoms with E-state index in [9.17, 15) is 5.11 Å². The Morgan fingerprint density at radius 1 is 1.33 bits per heavy atom. The molecule has 0 amide bonds. The van der Waals surface area contributed by atoms with Crippen LogP contribution >= 0.6 is 23.2 Å². The lowest BCUT2D eigenvalue weighted by Crippen LogP contribution is -1.91. The predicted molar refractivity (Wildman–Crippen MR) is 51.6 cm³/mol. The lowest BCUT2D eigenvalue weighted by atomic mass is 10.1. The third-order valence-electron chi connectivity index (χ3n) is 1.51. The van der Waals surface area contributed by atoms with Crippen molar-refractivity contribution in [2.45, 2.75) is 6.10 Å². The van der Waals surface area contributed by atoms with Crippen LogP contribution in [0.15, 0.2) is 30.9 Å². The van der Waals surface area contributed by atoms with E-state index in [-0.39, 0.29) is 0 Å². The van der Waals surface area contributed by atoms with E-state index in [0.717, 1.165) is 0 Å². The molecule has 0 radical (unpaired) electrons. The van der Waals surface area contributed by atoms with Gasteiger partial charge >= 0.3 is 0 Å². The summed E-state index contributed by atoms with van der Waals surface area (Å²) in [6, 6.07) is 4.97. The minimum atomic E-state index is -0.681. The van der Waals surface area contributed by atoms with Crippen molar-refractivity contribution >= 4 is 23.2 Å². The number of hydrogen-bond donors (Lipinski definition) is 1. The van der Waals surface area contributed by atoms with Crippen molar-refractivity contribution in [1.82, 2.24) is 0 Å². The van der Waals surface area contributed by atoms with Gasteiger partial charge in [0.05, 0.1) is 16.1 Å². The first-order chi connectivity index (χ1) is 5.65. The molecule has 1 N–H and O–H groups in total. The molecule has 0 heterocycles. The van der Waals surface area contributed by atoms with Crippen LogP contribution < -0.4 is 0 Å².